The molecule has 5 nitrogen and oxygen atoms in total. The van der Waals surface area contributed by atoms with Crippen LogP contribution in [0.15, 0.2) is 16.3 Å². The minimum absolute atomic E-state index is 0.330. The predicted molar refractivity (Wildman–Crippen MR) is 66.7 cm³/mol. The molecule has 0 aromatic carbocycles. The molecule has 1 aliphatic heterocycles. The molecule has 0 spiro atoms. The summed E-state index contributed by atoms with van der Waals surface area (Å²) in [5, 5.41) is 12.7. The number of aliphatic hydroxyl groups excluding tert-OH is 1. The smallest absolute Gasteiger partial charge is 0.252 e. The Bertz CT molecular complexity index is 497. The molecule has 0 bridgehead atoms. The average molecular weight is 276 g/mol. The molecule has 0 unspecified atom stereocenters. The van der Waals surface area contributed by atoms with Crippen molar-refractivity contribution < 1.29 is 13.5 Å². The SMILES string of the molecule is Cc1ccc(S(=O)(=O)N(C)[C@@H]2CNC[C@H]2O)s1. The number of aliphatic hydroxyl groups is 1. The van der Waals surface area contributed by atoms with Gasteiger partial charge >= 0.3 is 0 Å². The highest BCUT2D eigenvalue weighted by molar-refractivity contribution is 7.91. The van der Waals surface area contributed by atoms with E-state index in [1.807, 2.05) is 6.92 Å². The molecule has 0 saturated carbocycles. The maximum atomic E-state index is 12.3. The van der Waals surface area contributed by atoms with E-state index < -0.39 is 16.1 Å². The van der Waals surface area contributed by atoms with Crippen molar-refractivity contribution in [1.29, 1.82) is 0 Å². The van der Waals surface area contributed by atoms with Crippen molar-refractivity contribution >= 4 is 21.4 Å². The number of sulfonamides is 1. The summed E-state index contributed by atoms with van der Waals surface area (Å²) < 4.78 is 26.1. The lowest BCUT2D eigenvalue weighted by molar-refractivity contribution is 0.136. The second-order valence-corrected chi connectivity index (χ2v) is 7.69. The predicted octanol–water partition coefficient (Wildman–Crippen LogP) is 0.00972. The van der Waals surface area contributed by atoms with Gasteiger partial charge < -0.3 is 10.4 Å². The first-order valence-electron chi connectivity index (χ1n) is 5.36. The lowest BCUT2D eigenvalue weighted by Gasteiger charge is -2.24. The third-order valence-corrected chi connectivity index (χ3v) is 6.32. The van der Waals surface area contributed by atoms with Gasteiger partial charge in [-0.15, -0.1) is 11.3 Å². The number of β-amino-alcohol motifs (C(OH)–C–C–N with tert-alkyl or cyclic N) is 1. The summed E-state index contributed by atoms with van der Waals surface area (Å²) in [5.41, 5.74) is 0. The summed E-state index contributed by atoms with van der Waals surface area (Å²) in [5.74, 6) is 0. The Morgan fingerprint density at radius 1 is 1.47 bits per heavy atom. The highest BCUT2D eigenvalue weighted by Gasteiger charge is 2.36. The van der Waals surface area contributed by atoms with Crippen LogP contribution in [0.1, 0.15) is 4.88 Å². The van der Waals surface area contributed by atoms with Crippen LogP contribution < -0.4 is 5.32 Å². The Kier molecular flexibility index (Phi) is 3.55. The number of hydrogen-bond donors (Lipinski definition) is 2. The van der Waals surface area contributed by atoms with Crippen LogP contribution in [0.2, 0.25) is 0 Å². The Morgan fingerprint density at radius 3 is 2.65 bits per heavy atom. The van der Waals surface area contributed by atoms with E-state index in [1.54, 1.807) is 12.1 Å². The molecule has 0 amide bonds. The van der Waals surface area contributed by atoms with E-state index in [-0.39, 0.29) is 6.04 Å². The number of rotatable bonds is 3. The summed E-state index contributed by atoms with van der Waals surface area (Å²) in [6.07, 6.45) is -0.643. The highest BCUT2D eigenvalue weighted by Crippen LogP contribution is 2.25. The van der Waals surface area contributed by atoms with E-state index in [9.17, 15) is 13.5 Å². The van der Waals surface area contributed by atoms with Crippen molar-refractivity contribution in [1.82, 2.24) is 9.62 Å². The van der Waals surface area contributed by atoms with Gasteiger partial charge in [0.1, 0.15) is 4.21 Å². The van der Waals surface area contributed by atoms with Gasteiger partial charge in [0, 0.05) is 25.0 Å². The van der Waals surface area contributed by atoms with Crippen LogP contribution in [0.3, 0.4) is 0 Å². The fraction of sp³-hybridized carbons (Fsp3) is 0.600. The summed E-state index contributed by atoms with van der Waals surface area (Å²) in [4.78, 5) is 0.960. The van der Waals surface area contributed by atoms with Gasteiger partial charge in [-0.1, -0.05) is 0 Å². The van der Waals surface area contributed by atoms with Gasteiger partial charge in [-0.05, 0) is 19.1 Å². The topological polar surface area (TPSA) is 69.6 Å². The second kappa shape index (κ2) is 4.66. The van der Waals surface area contributed by atoms with Crippen LogP contribution in [0, 0.1) is 6.92 Å². The van der Waals surface area contributed by atoms with Gasteiger partial charge in [-0.3, -0.25) is 0 Å². The number of aryl methyl sites for hydroxylation is 1. The van der Waals surface area contributed by atoms with E-state index >= 15 is 0 Å². The monoisotopic (exact) mass is 276 g/mol. The molecule has 1 aromatic heterocycles. The van der Waals surface area contributed by atoms with Crippen molar-refractivity contribution in [3.63, 3.8) is 0 Å². The first kappa shape index (κ1) is 13.0. The average Bonchev–Trinajstić information content (AvgIpc) is 2.86. The fourth-order valence-electron chi connectivity index (χ4n) is 1.89. The van der Waals surface area contributed by atoms with Gasteiger partial charge in [0.25, 0.3) is 10.0 Å². The first-order chi connectivity index (χ1) is 7.93. The number of hydrogen-bond acceptors (Lipinski definition) is 5. The molecule has 2 atom stereocenters. The molecule has 1 aliphatic rings. The van der Waals surface area contributed by atoms with Crippen molar-refractivity contribution in [2.24, 2.45) is 0 Å². The molecule has 2 rings (SSSR count). The van der Waals surface area contributed by atoms with Crippen LogP contribution in [-0.4, -0.2) is 50.1 Å². The van der Waals surface area contributed by atoms with Gasteiger partial charge in [-0.2, -0.15) is 4.31 Å². The van der Waals surface area contributed by atoms with E-state index in [1.165, 1.54) is 22.7 Å². The molecule has 2 heterocycles. The Balaban J connectivity index is 2.26. The molecule has 1 saturated heterocycles. The molecule has 1 aromatic rings. The van der Waals surface area contributed by atoms with Crippen LogP contribution in [0.4, 0.5) is 0 Å². The largest absolute Gasteiger partial charge is 0.390 e. The summed E-state index contributed by atoms with van der Waals surface area (Å²) in [6, 6.07) is 3.01. The summed E-state index contributed by atoms with van der Waals surface area (Å²) >= 11 is 1.25. The fourth-order valence-corrected chi connectivity index (χ4v) is 4.75. The number of nitrogens with zero attached hydrogens (tertiary/aromatic N) is 1. The third-order valence-electron chi connectivity index (χ3n) is 2.97. The molecule has 17 heavy (non-hydrogen) atoms. The van der Waals surface area contributed by atoms with Gasteiger partial charge in [0.15, 0.2) is 0 Å². The molecular formula is C10H16N2O3S2. The van der Waals surface area contributed by atoms with Crippen molar-refractivity contribution in [2.75, 3.05) is 20.1 Å². The molecular weight excluding hydrogens is 260 g/mol. The Labute approximate surface area is 105 Å². The Morgan fingerprint density at radius 2 is 2.18 bits per heavy atom. The van der Waals surface area contributed by atoms with E-state index in [2.05, 4.69) is 5.32 Å². The minimum Gasteiger partial charge on any atom is -0.390 e. The zero-order valence-corrected chi connectivity index (χ0v) is 11.4. The molecule has 1 fully saturated rings. The zero-order chi connectivity index (χ0) is 12.6. The third kappa shape index (κ3) is 2.38. The maximum absolute atomic E-state index is 12.3. The normalized spacial score (nSPS) is 25.6. The summed E-state index contributed by atoms with van der Waals surface area (Å²) in [6.45, 7) is 2.80. The first-order valence-corrected chi connectivity index (χ1v) is 7.62. The van der Waals surface area contributed by atoms with Crippen LogP contribution in [0.5, 0.6) is 0 Å². The van der Waals surface area contributed by atoms with Crippen LogP contribution in [0.25, 0.3) is 0 Å². The van der Waals surface area contributed by atoms with Crippen LogP contribution in [-0.2, 0) is 10.0 Å². The highest BCUT2D eigenvalue weighted by atomic mass is 32.2. The van der Waals surface area contributed by atoms with Gasteiger partial charge in [0.05, 0.1) is 12.1 Å². The summed E-state index contributed by atoms with van der Waals surface area (Å²) in [7, 11) is -1.96. The van der Waals surface area contributed by atoms with Crippen molar-refractivity contribution in [2.45, 2.75) is 23.3 Å². The van der Waals surface area contributed by atoms with E-state index in [0.717, 1.165) is 4.88 Å². The lowest BCUT2D eigenvalue weighted by atomic mass is 10.2. The van der Waals surface area contributed by atoms with Gasteiger partial charge in [0.2, 0.25) is 0 Å². The quantitative estimate of drug-likeness (QED) is 0.816. The minimum atomic E-state index is -3.48. The molecule has 2 N–H and O–H groups in total. The van der Waals surface area contributed by atoms with E-state index in [0.29, 0.717) is 17.3 Å². The molecule has 0 aliphatic carbocycles. The van der Waals surface area contributed by atoms with Crippen molar-refractivity contribution in [3.05, 3.63) is 17.0 Å². The Hall–Kier alpha value is -0.470. The number of likely N-dealkylation sites (N-methyl/N-ethyl adjacent to an activating group) is 1. The maximum Gasteiger partial charge on any atom is 0.252 e. The standard InChI is InChI=1S/C10H16N2O3S2/c1-7-3-4-10(16-7)17(14,15)12(2)8-5-11-6-9(8)13/h3-4,8-9,11,13H,5-6H2,1-2H3/t8-,9-/m1/s1. The zero-order valence-electron chi connectivity index (χ0n) is 9.75. The number of nitrogens with one attached hydrogen (secondary N) is 1. The van der Waals surface area contributed by atoms with Gasteiger partial charge in [-0.25, -0.2) is 8.42 Å². The molecule has 96 valence electrons. The van der Waals surface area contributed by atoms with Crippen molar-refractivity contribution in [3.8, 4) is 0 Å². The molecule has 0 radical (unpaired) electrons. The molecule has 7 heteroatoms. The second-order valence-electron chi connectivity index (χ2n) is 4.18. The van der Waals surface area contributed by atoms with E-state index in [4.69, 9.17) is 0 Å². The lowest BCUT2D eigenvalue weighted by Crippen LogP contribution is -2.43. The number of thiophene rings is 1. The van der Waals surface area contributed by atoms with Crippen LogP contribution >= 0.6 is 11.3 Å².